The number of aromatic amines is 1. The number of hydrogen-bond acceptors (Lipinski definition) is 6. The first-order valence-corrected chi connectivity index (χ1v) is 10.4. The molecule has 1 atom stereocenters. The van der Waals surface area contributed by atoms with Crippen molar-refractivity contribution in [3.8, 4) is 27.9 Å². The predicted octanol–water partition coefficient (Wildman–Crippen LogP) is 4.65. The van der Waals surface area contributed by atoms with E-state index in [4.69, 9.17) is 16.3 Å². The molecule has 2 aromatic heterocycles. The fraction of sp³-hybridized carbons (Fsp3) is 0.350. The van der Waals surface area contributed by atoms with Crippen LogP contribution in [0.3, 0.4) is 0 Å². The van der Waals surface area contributed by atoms with E-state index in [1.165, 1.54) is 6.33 Å². The fourth-order valence-corrected chi connectivity index (χ4v) is 5.03. The van der Waals surface area contributed by atoms with E-state index in [2.05, 4.69) is 33.1 Å². The summed E-state index contributed by atoms with van der Waals surface area (Å²) in [6, 6.07) is 8.32. The molecule has 1 aliphatic rings. The van der Waals surface area contributed by atoms with Crippen molar-refractivity contribution in [1.82, 2.24) is 15.2 Å². The minimum absolute atomic E-state index is 0.169. The lowest BCUT2D eigenvalue weighted by molar-refractivity contribution is 0.0386. The number of benzene rings is 1. The summed E-state index contributed by atoms with van der Waals surface area (Å²) in [5.41, 5.74) is 3.34. The first-order valence-electron chi connectivity index (χ1n) is 9.18. The smallest absolute Gasteiger partial charge is 0.166 e. The molecule has 3 heterocycles. The van der Waals surface area contributed by atoms with Gasteiger partial charge in [-0.3, -0.25) is 5.10 Å². The van der Waals surface area contributed by atoms with Gasteiger partial charge in [0.05, 0.1) is 23.2 Å². The maximum Gasteiger partial charge on any atom is 0.166 e. The Morgan fingerprint density at radius 2 is 2.32 bits per heavy atom. The summed E-state index contributed by atoms with van der Waals surface area (Å²) in [4.78, 5) is 7.45. The van der Waals surface area contributed by atoms with Gasteiger partial charge in [0.2, 0.25) is 0 Å². The van der Waals surface area contributed by atoms with Crippen molar-refractivity contribution in [1.29, 1.82) is 5.26 Å². The lowest BCUT2D eigenvalue weighted by Gasteiger charge is -2.33. The minimum Gasteiger partial charge on any atom is -0.375 e. The summed E-state index contributed by atoms with van der Waals surface area (Å²) in [5, 5.41) is 18.6. The number of nitrogens with one attached hydrogen (secondary N) is 1. The molecule has 0 aliphatic carbocycles. The Hall–Kier alpha value is -2.40. The second-order valence-electron chi connectivity index (χ2n) is 6.76. The van der Waals surface area contributed by atoms with Gasteiger partial charge in [0.25, 0.3) is 0 Å². The number of rotatable bonds is 4. The molecule has 28 heavy (non-hydrogen) atoms. The van der Waals surface area contributed by atoms with Gasteiger partial charge >= 0.3 is 0 Å². The molecule has 8 heteroatoms. The number of H-pyrrole nitrogens is 1. The Labute approximate surface area is 172 Å². The average Bonchev–Trinajstić information content (AvgIpc) is 3.35. The van der Waals surface area contributed by atoms with Crippen LogP contribution < -0.4 is 4.90 Å². The zero-order valence-corrected chi connectivity index (χ0v) is 17.3. The van der Waals surface area contributed by atoms with Crippen LogP contribution in [-0.4, -0.2) is 41.0 Å². The van der Waals surface area contributed by atoms with Crippen LogP contribution in [0.25, 0.3) is 21.8 Å². The van der Waals surface area contributed by atoms with Crippen LogP contribution in [0.15, 0.2) is 24.5 Å². The molecule has 1 aliphatic heterocycles. The van der Waals surface area contributed by atoms with Crippen LogP contribution in [0.4, 0.5) is 5.00 Å². The van der Waals surface area contributed by atoms with Gasteiger partial charge in [-0.05, 0) is 25.0 Å². The summed E-state index contributed by atoms with van der Waals surface area (Å²) in [7, 11) is 0. The molecule has 6 nitrogen and oxygen atoms in total. The summed E-state index contributed by atoms with van der Waals surface area (Å²) in [6.45, 7) is 6.28. The van der Waals surface area contributed by atoms with Crippen molar-refractivity contribution in [2.24, 2.45) is 0 Å². The largest absolute Gasteiger partial charge is 0.375 e. The Bertz CT molecular complexity index is 1020. The second-order valence-corrected chi connectivity index (χ2v) is 8.17. The number of aryl methyl sites for hydroxylation is 1. The zero-order valence-electron chi connectivity index (χ0n) is 15.7. The maximum atomic E-state index is 10.1. The summed E-state index contributed by atoms with van der Waals surface area (Å²) in [5.74, 6) is 0.639. The van der Waals surface area contributed by atoms with Gasteiger partial charge in [0.1, 0.15) is 17.4 Å². The van der Waals surface area contributed by atoms with Crippen LogP contribution in [0.5, 0.6) is 0 Å². The molecule has 0 radical (unpaired) electrons. The van der Waals surface area contributed by atoms with E-state index >= 15 is 0 Å². The number of aromatic nitrogens is 3. The van der Waals surface area contributed by atoms with Gasteiger partial charge in [-0.15, -0.1) is 11.3 Å². The van der Waals surface area contributed by atoms with E-state index in [1.54, 1.807) is 11.3 Å². The van der Waals surface area contributed by atoms with Crippen LogP contribution in [0, 0.1) is 18.3 Å². The average molecular weight is 414 g/mol. The molecule has 1 aromatic carbocycles. The third-order valence-corrected chi connectivity index (χ3v) is 6.48. The van der Waals surface area contributed by atoms with Crippen LogP contribution >= 0.6 is 22.9 Å². The molecule has 3 aromatic rings. The minimum atomic E-state index is 0.169. The molecule has 0 unspecified atom stereocenters. The SMILES string of the molecule is CC[C@H]1CN(c2sc(-c3ncn[nH]3)c(-c3ccc(C)cc3Cl)c2C#N)CCO1. The van der Waals surface area contributed by atoms with Crippen LogP contribution in [-0.2, 0) is 4.74 Å². The topological polar surface area (TPSA) is 77.8 Å². The van der Waals surface area contributed by atoms with Crippen molar-refractivity contribution in [2.75, 3.05) is 24.6 Å². The van der Waals surface area contributed by atoms with E-state index in [9.17, 15) is 5.26 Å². The highest BCUT2D eigenvalue weighted by molar-refractivity contribution is 7.20. The highest BCUT2D eigenvalue weighted by Crippen LogP contribution is 2.48. The number of thiophene rings is 1. The molecular weight excluding hydrogens is 394 g/mol. The van der Waals surface area contributed by atoms with Gasteiger partial charge in [-0.2, -0.15) is 10.4 Å². The molecular formula is C20H20ClN5OS. The molecule has 0 bridgehead atoms. The van der Waals surface area contributed by atoms with Crippen LogP contribution in [0.1, 0.15) is 24.5 Å². The van der Waals surface area contributed by atoms with E-state index < -0.39 is 0 Å². The van der Waals surface area contributed by atoms with E-state index in [1.807, 2.05) is 25.1 Å². The van der Waals surface area contributed by atoms with E-state index in [0.29, 0.717) is 23.0 Å². The normalized spacial score (nSPS) is 16.9. The number of anilines is 1. The summed E-state index contributed by atoms with van der Waals surface area (Å²) in [6.07, 6.45) is 2.58. The second kappa shape index (κ2) is 7.92. The molecule has 1 saturated heterocycles. The van der Waals surface area contributed by atoms with E-state index in [-0.39, 0.29) is 6.10 Å². The first kappa shape index (κ1) is 18.9. The highest BCUT2D eigenvalue weighted by Gasteiger charge is 2.29. The lowest BCUT2D eigenvalue weighted by atomic mass is 9.99. The highest BCUT2D eigenvalue weighted by atomic mass is 35.5. The monoisotopic (exact) mass is 413 g/mol. The number of ether oxygens (including phenoxy) is 1. The molecule has 0 saturated carbocycles. The van der Waals surface area contributed by atoms with Gasteiger partial charge in [-0.1, -0.05) is 30.7 Å². The van der Waals surface area contributed by atoms with Crippen molar-refractivity contribution in [3.05, 3.63) is 40.7 Å². The number of hydrogen-bond donors (Lipinski definition) is 1. The van der Waals surface area contributed by atoms with Crippen molar-refractivity contribution in [3.63, 3.8) is 0 Å². The summed E-state index contributed by atoms with van der Waals surface area (Å²) >= 11 is 8.13. The van der Waals surface area contributed by atoms with Crippen molar-refractivity contribution >= 4 is 27.9 Å². The number of nitrogens with zero attached hydrogens (tertiary/aromatic N) is 4. The molecule has 144 valence electrons. The van der Waals surface area contributed by atoms with Gasteiger partial charge < -0.3 is 9.64 Å². The predicted molar refractivity (Wildman–Crippen MR) is 112 cm³/mol. The van der Waals surface area contributed by atoms with Crippen molar-refractivity contribution < 1.29 is 4.74 Å². The molecule has 0 amide bonds. The van der Waals surface area contributed by atoms with Crippen molar-refractivity contribution in [2.45, 2.75) is 26.4 Å². The van der Waals surface area contributed by atoms with Crippen LogP contribution in [0.2, 0.25) is 5.02 Å². The van der Waals surface area contributed by atoms with E-state index in [0.717, 1.165) is 46.1 Å². The number of halogens is 1. The Morgan fingerprint density at radius 1 is 1.46 bits per heavy atom. The quantitative estimate of drug-likeness (QED) is 0.673. The maximum absolute atomic E-state index is 10.1. The molecule has 1 fully saturated rings. The number of nitriles is 1. The van der Waals surface area contributed by atoms with Gasteiger partial charge in [-0.25, -0.2) is 4.98 Å². The third kappa shape index (κ3) is 3.39. The first-order chi connectivity index (χ1) is 13.6. The Morgan fingerprint density at radius 3 is 3.00 bits per heavy atom. The fourth-order valence-electron chi connectivity index (χ4n) is 3.46. The third-order valence-electron chi connectivity index (χ3n) is 4.91. The Kier molecular flexibility index (Phi) is 5.36. The zero-order chi connectivity index (χ0) is 19.7. The standard InChI is InChI=1S/C20H20ClN5OS/c1-3-13-10-26(6-7-27-13)20-15(9-22)17(14-5-4-12(2)8-16(14)21)18(28-20)19-23-11-24-25-19/h4-5,8,11,13H,3,6-7,10H2,1-2H3,(H,23,24,25)/t13-/m0/s1. The molecule has 0 spiro atoms. The van der Waals surface area contributed by atoms with Gasteiger partial charge in [0.15, 0.2) is 5.82 Å². The lowest BCUT2D eigenvalue weighted by Crippen LogP contribution is -2.42. The Balaban J connectivity index is 1.91. The molecule has 4 rings (SSSR count). The summed E-state index contributed by atoms with van der Waals surface area (Å²) < 4.78 is 5.81. The molecule has 1 N–H and O–H groups in total. The number of morpholine rings is 1. The van der Waals surface area contributed by atoms with Gasteiger partial charge in [0, 0.05) is 29.2 Å².